The first-order valence-electron chi connectivity index (χ1n) is 1.92. The van der Waals surface area contributed by atoms with Crippen molar-refractivity contribution in [1.82, 2.24) is 4.72 Å². The van der Waals surface area contributed by atoms with Gasteiger partial charge in [-0.3, -0.25) is 0 Å². The summed E-state index contributed by atoms with van der Waals surface area (Å²) < 4.78 is 2.97. The van der Waals surface area contributed by atoms with Gasteiger partial charge in [0.2, 0.25) is 0 Å². The molecule has 6 heavy (non-hydrogen) atoms. The summed E-state index contributed by atoms with van der Waals surface area (Å²) in [5, 5.41) is 0. The first kappa shape index (κ1) is 4.06. The average Bonchev–Trinajstić information content (AvgIpc) is 1.72. The predicted octanol–water partition coefficient (Wildman–Crippen LogP) is 0.945. The smallest absolute Gasteiger partial charge is 0.0173 e. The van der Waals surface area contributed by atoms with Crippen LogP contribution in [0.15, 0.2) is 6.20 Å². The van der Waals surface area contributed by atoms with Crippen molar-refractivity contribution in [3.05, 3.63) is 12.3 Å². The highest BCUT2D eigenvalue weighted by Crippen LogP contribution is 2.00. The number of hydrogen-bond donors (Lipinski definition) is 1. The maximum atomic E-state index is 3.03. The molecular weight excluding hydrogens is 94.1 g/mol. The van der Waals surface area contributed by atoms with E-state index in [9.17, 15) is 0 Å². The van der Waals surface area contributed by atoms with Gasteiger partial charge in [-0.2, -0.15) is 0 Å². The summed E-state index contributed by atoms with van der Waals surface area (Å²) in [7, 11) is 0. The Morgan fingerprint density at radius 2 is 2.83 bits per heavy atom. The van der Waals surface area contributed by atoms with Crippen molar-refractivity contribution >= 4 is 11.9 Å². The zero-order valence-corrected chi connectivity index (χ0v) is 4.22. The molecule has 0 aliphatic carbocycles. The van der Waals surface area contributed by atoms with Crippen LogP contribution in [0, 0.1) is 6.08 Å². The molecule has 0 fully saturated rings. The fourth-order valence-corrected chi connectivity index (χ4v) is 0.829. The van der Waals surface area contributed by atoms with Crippen LogP contribution in [0.1, 0.15) is 6.42 Å². The highest BCUT2D eigenvalue weighted by Gasteiger charge is 1.86. The van der Waals surface area contributed by atoms with E-state index >= 15 is 0 Å². The monoisotopic (exact) mass is 100 g/mol. The molecule has 0 saturated heterocycles. The highest BCUT2D eigenvalue weighted by atomic mass is 32.2. The summed E-state index contributed by atoms with van der Waals surface area (Å²) in [4.78, 5) is 0. The van der Waals surface area contributed by atoms with Crippen molar-refractivity contribution < 1.29 is 0 Å². The Kier molecular flexibility index (Phi) is 1.44. The second-order valence-corrected chi connectivity index (χ2v) is 2.00. The van der Waals surface area contributed by atoms with Crippen molar-refractivity contribution in [2.24, 2.45) is 0 Å². The van der Waals surface area contributed by atoms with E-state index in [1.807, 2.05) is 6.20 Å². The lowest BCUT2D eigenvalue weighted by atomic mass is 10.5. The minimum Gasteiger partial charge on any atom is -0.336 e. The summed E-state index contributed by atoms with van der Waals surface area (Å²) in [6.45, 7) is 0. The minimum atomic E-state index is 1.09. The molecule has 1 heterocycles. The van der Waals surface area contributed by atoms with Crippen molar-refractivity contribution in [2.75, 3.05) is 5.75 Å². The molecule has 0 amide bonds. The standard InChI is InChI=1S/C4H6NS/c1-2-4-6-5-3-1/h3,5H,2,4H2. The van der Waals surface area contributed by atoms with E-state index in [2.05, 4.69) is 10.8 Å². The molecule has 1 nitrogen and oxygen atoms in total. The maximum absolute atomic E-state index is 3.03. The topological polar surface area (TPSA) is 12.0 Å². The summed E-state index contributed by atoms with van der Waals surface area (Å²) in [6, 6.07) is 0. The van der Waals surface area contributed by atoms with E-state index in [1.54, 1.807) is 11.9 Å². The van der Waals surface area contributed by atoms with Gasteiger partial charge in [0.15, 0.2) is 0 Å². The van der Waals surface area contributed by atoms with Crippen LogP contribution in [0.5, 0.6) is 0 Å². The zero-order valence-electron chi connectivity index (χ0n) is 3.40. The predicted molar refractivity (Wildman–Crippen MR) is 28.0 cm³/mol. The van der Waals surface area contributed by atoms with Gasteiger partial charge in [0.1, 0.15) is 0 Å². The molecule has 0 aromatic heterocycles. The summed E-state index contributed by atoms with van der Waals surface area (Å²) in [6.07, 6.45) is 5.98. The Hall–Kier alpha value is -0.110. The largest absolute Gasteiger partial charge is 0.336 e. The highest BCUT2D eigenvalue weighted by molar-refractivity contribution is 7.97. The molecule has 0 aromatic rings. The number of nitrogens with one attached hydrogen (secondary N) is 1. The second-order valence-electron chi connectivity index (χ2n) is 1.06. The third kappa shape index (κ3) is 0.937. The van der Waals surface area contributed by atoms with E-state index < -0.39 is 0 Å². The number of rotatable bonds is 0. The van der Waals surface area contributed by atoms with Crippen LogP contribution in [-0.4, -0.2) is 5.75 Å². The van der Waals surface area contributed by atoms with Crippen LogP contribution in [-0.2, 0) is 0 Å². The lowest BCUT2D eigenvalue weighted by Gasteiger charge is -2.00. The van der Waals surface area contributed by atoms with Gasteiger partial charge in [0.05, 0.1) is 0 Å². The molecule has 2 heteroatoms. The normalized spacial score (nSPS) is 20.0. The Morgan fingerprint density at radius 1 is 1.83 bits per heavy atom. The molecular formula is C4H6NS. The van der Waals surface area contributed by atoms with Crippen LogP contribution in [0.2, 0.25) is 0 Å². The second kappa shape index (κ2) is 2.13. The molecule has 0 bridgehead atoms. The van der Waals surface area contributed by atoms with E-state index in [-0.39, 0.29) is 0 Å². The molecule has 1 rings (SSSR count). The third-order valence-electron chi connectivity index (χ3n) is 0.593. The Labute approximate surface area is 41.9 Å². The Morgan fingerprint density at radius 3 is 3.00 bits per heavy atom. The third-order valence-corrected chi connectivity index (χ3v) is 1.29. The number of hydrogen-bond acceptors (Lipinski definition) is 2. The first-order valence-corrected chi connectivity index (χ1v) is 2.91. The zero-order chi connectivity index (χ0) is 4.24. The van der Waals surface area contributed by atoms with E-state index in [0.29, 0.717) is 0 Å². The Balaban J connectivity index is 2.26. The Bertz CT molecular complexity index is 52.6. The van der Waals surface area contributed by atoms with Gasteiger partial charge < -0.3 is 4.72 Å². The van der Waals surface area contributed by atoms with Gasteiger partial charge >= 0.3 is 0 Å². The van der Waals surface area contributed by atoms with Crippen molar-refractivity contribution in [3.8, 4) is 0 Å². The lowest BCUT2D eigenvalue weighted by molar-refractivity contribution is 1.13. The lowest BCUT2D eigenvalue weighted by Crippen LogP contribution is -1.97. The molecule has 0 unspecified atom stereocenters. The van der Waals surface area contributed by atoms with Crippen LogP contribution in [0.4, 0.5) is 0 Å². The molecule has 33 valence electrons. The quantitative estimate of drug-likeness (QED) is 0.455. The summed E-state index contributed by atoms with van der Waals surface area (Å²) in [5.74, 6) is 1.16. The first-order chi connectivity index (χ1) is 3.00. The molecule has 1 aliphatic heterocycles. The average molecular weight is 100 g/mol. The molecule has 0 spiro atoms. The maximum Gasteiger partial charge on any atom is 0.0173 e. The molecule has 0 aromatic carbocycles. The van der Waals surface area contributed by atoms with Gasteiger partial charge in [0, 0.05) is 12.0 Å². The van der Waals surface area contributed by atoms with Crippen LogP contribution >= 0.6 is 11.9 Å². The molecule has 1 N–H and O–H groups in total. The van der Waals surface area contributed by atoms with Gasteiger partial charge in [-0.15, -0.1) is 0 Å². The van der Waals surface area contributed by atoms with Gasteiger partial charge in [-0.25, -0.2) is 0 Å². The molecule has 1 radical (unpaired) electrons. The van der Waals surface area contributed by atoms with Crippen LogP contribution in [0.3, 0.4) is 0 Å². The van der Waals surface area contributed by atoms with Crippen LogP contribution in [0.25, 0.3) is 0 Å². The van der Waals surface area contributed by atoms with E-state index in [4.69, 9.17) is 0 Å². The van der Waals surface area contributed by atoms with E-state index in [0.717, 1.165) is 12.2 Å². The van der Waals surface area contributed by atoms with Crippen LogP contribution < -0.4 is 4.72 Å². The summed E-state index contributed by atoms with van der Waals surface area (Å²) in [5.41, 5.74) is 0. The fraction of sp³-hybridized carbons (Fsp3) is 0.500. The van der Waals surface area contributed by atoms with Crippen molar-refractivity contribution in [1.29, 1.82) is 0 Å². The van der Waals surface area contributed by atoms with Gasteiger partial charge in [-0.1, -0.05) is 11.9 Å². The van der Waals surface area contributed by atoms with Gasteiger partial charge in [0.25, 0.3) is 0 Å². The summed E-state index contributed by atoms with van der Waals surface area (Å²) >= 11 is 1.73. The SMILES string of the molecule is [C]1=CNSCC1. The molecule has 1 aliphatic rings. The minimum absolute atomic E-state index is 1.09. The van der Waals surface area contributed by atoms with Crippen molar-refractivity contribution in [2.45, 2.75) is 6.42 Å². The number of allylic oxidation sites excluding steroid dienone is 1. The van der Waals surface area contributed by atoms with Gasteiger partial charge in [-0.05, 0) is 12.5 Å². The van der Waals surface area contributed by atoms with E-state index in [1.165, 1.54) is 0 Å². The fourth-order valence-electron chi connectivity index (χ4n) is 0.324. The molecule has 0 saturated carbocycles. The van der Waals surface area contributed by atoms with Crippen molar-refractivity contribution in [3.63, 3.8) is 0 Å². The molecule has 0 atom stereocenters.